The molecule has 2 N–H and O–H groups in total. The molecule has 0 bridgehead atoms. The van der Waals surface area contributed by atoms with Crippen molar-refractivity contribution in [3.05, 3.63) is 17.5 Å². The summed E-state index contributed by atoms with van der Waals surface area (Å²) in [6, 6.07) is -0.163. The molecule has 0 spiro atoms. The first-order chi connectivity index (χ1) is 10.4. The van der Waals surface area contributed by atoms with E-state index in [0.717, 1.165) is 30.6 Å². The van der Waals surface area contributed by atoms with Crippen LogP contribution in [0, 0.1) is 18.8 Å². The molecule has 1 saturated carbocycles. The molecule has 122 valence electrons. The van der Waals surface area contributed by atoms with Gasteiger partial charge in [-0.2, -0.15) is 5.10 Å². The standard InChI is InChI=1S/C16H25N3O3/c1-4-19-9-14(11(3)18-19)10(2)17-15(20)12-7-5-6-8-13(12)16(21)22/h9-10,12-13H,4-8H2,1-3H3,(H,17,20)(H,21,22)/t10-,12+,13-/m0/s1. The van der Waals surface area contributed by atoms with E-state index in [4.69, 9.17) is 0 Å². The number of carboxylic acids is 1. The summed E-state index contributed by atoms with van der Waals surface area (Å²) in [5.74, 6) is -1.98. The number of aryl methyl sites for hydroxylation is 2. The summed E-state index contributed by atoms with van der Waals surface area (Å²) in [6.07, 6.45) is 4.99. The lowest BCUT2D eigenvalue weighted by Gasteiger charge is -2.28. The Labute approximate surface area is 130 Å². The van der Waals surface area contributed by atoms with Crippen LogP contribution in [0.5, 0.6) is 0 Å². The Kier molecular flexibility index (Phi) is 5.21. The van der Waals surface area contributed by atoms with Crippen LogP contribution in [0.2, 0.25) is 0 Å². The van der Waals surface area contributed by atoms with E-state index >= 15 is 0 Å². The van der Waals surface area contributed by atoms with Gasteiger partial charge in [-0.25, -0.2) is 0 Å². The fraction of sp³-hybridized carbons (Fsp3) is 0.688. The summed E-state index contributed by atoms with van der Waals surface area (Å²) >= 11 is 0. The first-order valence-corrected chi connectivity index (χ1v) is 8.01. The SMILES string of the molecule is CCn1cc([C@H](C)NC(=O)[C@@H]2CCCC[C@@H]2C(=O)O)c(C)n1. The van der Waals surface area contributed by atoms with E-state index in [1.54, 1.807) is 0 Å². The van der Waals surface area contributed by atoms with Crippen LogP contribution in [0.25, 0.3) is 0 Å². The highest BCUT2D eigenvalue weighted by Crippen LogP contribution is 2.31. The minimum atomic E-state index is -0.859. The molecule has 0 radical (unpaired) electrons. The largest absolute Gasteiger partial charge is 0.481 e. The minimum absolute atomic E-state index is 0.150. The number of rotatable bonds is 5. The molecule has 1 aliphatic rings. The highest BCUT2D eigenvalue weighted by atomic mass is 16.4. The van der Waals surface area contributed by atoms with Gasteiger partial charge in [-0.15, -0.1) is 0 Å². The van der Waals surface area contributed by atoms with Gasteiger partial charge in [0.15, 0.2) is 0 Å². The Balaban J connectivity index is 2.06. The van der Waals surface area contributed by atoms with Gasteiger partial charge >= 0.3 is 5.97 Å². The number of hydrogen-bond donors (Lipinski definition) is 2. The number of nitrogens with zero attached hydrogens (tertiary/aromatic N) is 2. The van der Waals surface area contributed by atoms with Gasteiger partial charge in [0.25, 0.3) is 0 Å². The summed E-state index contributed by atoms with van der Waals surface area (Å²) in [5, 5.41) is 16.7. The summed E-state index contributed by atoms with van der Waals surface area (Å²) in [5.41, 5.74) is 1.88. The molecule has 1 amide bonds. The van der Waals surface area contributed by atoms with E-state index in [9.17, 15) is 14.7 Å². The second kappa shape index (κ2) is 6.94. The van der Waals surface area contributed by atoms with E-state index in [1.165, 1.54) is 0 Å². The third kappa shape index (κ3) is 3.48. The lowest BCUT2D eigenvalue weighted by Crippen LogP contribution is -2.40. The molecule has 3 atom stereocenters. The number of carbonyl (C=O) groups excluding carboxylic acids is 1. The van der Waals surface area contributed by atoms with Crippen LogP contribution >= 0.6 is 0 Å². The second-order valence-corrected chi connectivity index (χ2v) is 6.09. The zero-order chi connectivity index (χ0) is 16.3. The Morgan fingerprint density at radius 2 is 2.05 bits per heavy atom. The molecule has 0 unspecified atom stereocenters. The number of aromatic nitrogens is 2. The van der Waals surface area contributed by atoms with E-state index in [2.05, 4.69) is 10.4 Å². The third-order valence-electron chi connectivity index (χ3n) is 4.55. The number of nitrogens with one attached hydrogen (secondary N) is 1. The molecule has 0 aliphatic heterocycles. The van der Waals surface area contributed by atoms with Gasteiger partial charge in [0, 0.05) is 18.3 Å². The van der Waals surface area contributed by atoms with Gasteiger partial charge in [0.2, 0.25) is 5.91 Å². The van der Waals surface area contributed by atoms with Crippen LogP contribution < -0.4 is 5.32 Å². The van der Waals surface area contributed by atoms with Gasteiger partial charge in [-0.1, -0.05) is 12.8 Å². The first kappa shape index (κ1) is 16.5. The van der Waals surface area contributed by atoms with Gasteiger partial charge in [-0.05, 0) is 33.6 Å². The Bertz CT molecular complexity index is 553. The summed E-state index contributed by atoms with van der Waals surface area (Å²) < 4.78 is 1.84. The molecule has 22 heavy (non-hydrogen) atoms. The van der Waals surface area contributed by atoms with Crippen LogP contribution in [-0.4, -0.2) is 26.8 Å². The number of carboxylic acid groups (broad SMARTS) is 1. The van der Waals surface area contributed by atoms with Gasteiger partial charge in [0.1, 0.15) is 0 Å². The first-order valence-electron chi connectivity index (χ1n) is 8.01. The Hall–Kier alpha value is -1.85. The monoisotopic (exact) mass is 307 g/mol. The molecule has 0 saturated heterocycles. The maximum atomic E-state index is 12.5. The van der Waals surface area contributed by atoms with Gasteiger partial charge < -0.3 is 10.4 Å². The van der Waals surface area contributed by atoms with E-state index in [1.807, 2.05) is 31.6 Å². The summed E-state index contributed by atoms with van der Waals surface area (Å²) in [7, 11) is 0. The molecule has 1 aromatic heterocycles. The van der Waals surface area contributed by atoms with E-state index < -0.39 is 17.8 Å². The Morgan fingerprint density at radius 1 is 1.41 bits per heavy atom. The number of aliphatic carboxylic acids is 1. The van der Waals surface area contributed by atoms with Crippen LogP contribution in [0.1, 0.15) is 56.8 Å². The topological polar surface area (TPSA) is 84.2 Å². The molecule has 2 rings (SSSR count). The lowest BCUT2D eigenvalue weighted by molar-refractivity contribution is -0.149. The number of hydrogen-bond acceptors (Lipinski definition) is 3. The van der Waals surface area contributed by atoms with Crippen molar-refractivity contribution in [1.29, 1.82) is 0 Å². The molecule has 6 heteroatoms. The predicted molar refractivity (Wildman–Crippen MR) is 82.3 cm³/mol. The van der Waals surface area contributed by atoms with Gasteiger partial charge in [-0.3, -0.25) is 14.3 Å². The second-order valence-electron chi connectivity index (χ2n) is 6.09. The maximum Gasteiger partial charge on any atom is 0.307 e. The number of amides is 1. The molecular weight excluding hydrogens is 282 g/mol. The van der Waals surface area contributed by atoms with Crippen LogP contribution in [0.4, 0.5) is 0 Å². The van der Waals surface area contributed by atoms with Crippen molar-refractivity contribution >= 4 is 11.9 Å². The number of carbonyl (C=O) groups is 2. The molecule has 1 aromatic rings. The predicted octanol–water partition coefficient (Wildman–Crippen LogP) is 2.28. The van der Waals surface area contributed by atoms with Crippen LogP contribution in [-0.2, 0) is 16.1 Å². The third-order valence-corrected chi connectivity index (χ3v) is 4.55. The molecule has 1 fully saturated rings. The molecule has 0 aromatic carbocycles. The zero-order valence-electron chi connectivity index (χ0n) is 13.5. The smallest absolute Gasteiger partial charge is 0.307 e. The highest BCUT2D eigenvalue weighted by molar-refractivity contribution is 5.85. The van der Waals surface area contributed by atoms with Crippen molar-refractivity contribution in [2.45, 2.75) is 59.0 Å². The highest BCUT2D eigenvalue weighted by Gasteiger charge is 2.36. The van der Waals surface area contributed by atoms with Gasteiger partial charge in [0.05, 0.1) is 23.6 Å². The minimum Gasteiger partial charge on any atom is -0.481 e. The van der Waals surface area contributed by atoms with Crippen molar-refractivity contribution in [2.75, 3.05) is 0 Å². The van der Waals surface area contributed by atoms with Crippen LogP contribution in [0.3, 0.4) is 0 Å². The average molecular weight is 307 g/mol. The lowest BCUT2D eigenvalue weighted by atomic mass is 9.78. The van der Waals surface area contributed by atoms with Crippen LogP contribution in [0.15, 0.2) is 6.20 Å². The average Bonchev–Trinajstić information content (AvgIpc) is 2.88. The van der Waals surface area contributed by atoms with Crippen molar-refractivity contribution in [3.63, 3.8) is 0 Å². The maximum absolute atomic E-state index is 12.5. The fourth-order valence-corrected chi connectivity index (χ4v) is 3.26. The quantitative estimate of drug-likeness (QED) is 0.874. The van der Waals surface area contributed by atoms with Crippen molar-refractivity contribution < 1.29 is 14.7 Å². The van der Waals surface area contributed by atoms with E-state index in [0.29, 0.717) is 12.8 Å². The molecular formula is C16H25N3O3. The summed E-state index contributed by atoms with van der Waals surface area (Å²) in [4.78, 5) is 23.8. The zero-order valence-corrected chi connectivity index (χ0v) is 13.5. The fourth-order valence-electron chi connectivity index (χ4n) is 3.26. The van der Waals surface area contributed by atoms with Crippen molar-refractivity contribution in [1.82, 2.24) is 15.1 Å². The molecule has 6 nitrogen and oxygen atoms in total. The summed E-state index contributed by atoms with van der Waals surface area (Å²) in [6.45, 7) is 6.63. The molecule has 1 aliphatic carbocycles. The molecule has 1 heterocycles. The van der Waals surface area contributed by atoms with E-state index in [-0.39, 0.29) is 11.9 Å². The normalized spacial score (nSPS) is 23.0. The van der Waals surface area contributed by atoms with Crippen molar-refractivity contribution in [3.8, 4) is 0 Å². The Morgan fingerprint density at radius 3 is 2.59 bits per heavy atom. The van der Waals surface area contributed by atoms with Crippen molar-refractivity contribution in [2.24, 2.45) is 11.8 Å².